The van der Waals surface area contributed by atoms with Crippen molar-refractivity contribution < 1.29 is 32.2 Å². The van der Waals surface area contributed by atoms with E-state index in [-0.39, 0.29) is 6.07 Å². The highest BCUT2D eigenvalue weighted by molar-refractivity contribution is 5.38. The maximum Gasteiger partial charge on any atom is 0.289 e. The van der Waals surface area contributed by atoms with Crippen LogP contribution in [-0.2, 0) is 0 Å². The molecule has 0 unspecified atom stereocenters. The fourth-order valence-electron chi connectivity index (χ4n) is 1.20. The van der Waals surface area contributed by atoms with Gasteiger partial charge in [-0.25, -0.2) is 22.0 Å². The van der Waals surface area contributed by atoms with Crippen molar-refractivity contribution in [1.29, 1.82) is 0 Å². The van der Waals surface area contributed by atoms with Gasteiger partial charge in [0.15, 0.2) is 17.5 Å². The van der Waals surface area contributed by atoms with Crippen LogP contribution in [0.5, 0.6) is 5.75 Å². The molecular formula is C9H8F5NO2. The summed E-state index contributed by atoms with van der Waals surface area (Å²) in [6.45, 7) is -1.73. The number of hydrogen-bond donors (Lipinski definition) is 3. The Balaban J connectivity index is 3.37. The highest BCUT2D eigenvalue weighted by Gasteiger charge is 2.41. The van der Waals surface area contributed by atoms with Gasteiger partial charge in [-0.2, -0.15) is 0 Å². The number of benzene rings is 1. The van der Waals surface area contributed by atoms with Crippen LogP contribution in [-0.4, -0.2) is 22.7 Å². The van der Waals surface area contributed by atoms with E-state index in [2.05, 4.69) is 0 Å². The molecule has 0 saturated carbocycles. The average molecular weight is 257 g/mol. The molecule has 3 nitrogen and oxygen atoms in total. The van der Waals surface area contributed by atoms with Crippen LogP contribution in [0.1, 0.15) is 11.6 Å². The Morgan fingerprint density at radius 2 is 1.76 bits per heavy atom. The van der Waals surface area contributed by atoms with Gasteiger partial charge in [0.2, 0.25) is 0 Å². The monoisotopic (exact) mass is 257 g/mol. The van der Waals surface area contributed by atoms with Gasteiger partial charge in [0, 0.05) is 6.07 Å². The molecule has 0 aliphatic rings. The number of aliphatic hydroxyl groups excluding tert-OH is 1. The fourth-order valence-corrected chi connectivity index (χ4v) is 1.20. The Hall–Kier alpha value is -1.41. The summed E-state index contributed by atoms with van der Waals surface area (Å²) in [5.41, 5.74) is 3.62. The van der Waals surface area contributed by atoms with Crippen LogP contribution < -0.4 is 5.73 Å². The number of nitrogens with two attached hydrogens (primary N) is 1. The molecule has 1 atom stereocenters. The predicted molar refractivity (Wildman–Crippen MR) is 46.9 cm³/mol. The summed E-state index contributed by atoms with van der Waals surface area (Å²) in [7, 11) is 0. The minimum atomic E-state index is -3.98. The highest BCUT2D eigenvalue weighted by Crippen LogP contribution is 2.36. The first kappa shape index (κ1) is 13.7. The lowest BCUT2D eigenvalue weighted by Gasteiger charge is -2.22. The Kier molecular flexibility index (Phi) is 3.58. The minimum absolute atomic E-state index is 0.126. The second-order valence-electron chi connectivity index (χ2n) is 3.32. The van der Waals surface area contributed by atoms with Gasteiger partial charge >= 0.3 is 0 Å². The highest BCUT2D eigenvalue weighted by atomic mass is 19.3. The molecule has 1 aromatic carbocycles. The number of alkyl halides is 2. The minimum Gasteiger partial charge on any atom is -0.507 e. The number of halogens is 5. The zero-order valence-corrected chi connectivity index (χ0v) is 8.22. The van der Waals surface area contributed by atoms with Crippen molar-refractivity contribution in [3.05, 3.63) is 29.1 Å². The van der Waals surface area contributed by atoms with Crippen LogP contribution in [0, 0.1) is 17.5 Å². The third kappa shape index (κ3) is 2.32. The van der Waals surface area contributed by atoms with E-state index in [1.54, 1.807) is 0 Å². The van der Waals surface area contributed by atoms with E-state index in [0.29, 0.717) is 0 Å². The number of phenolic OH excluding ortho intramolecular Hbond substituents is 1. The molecule has 0 aliphatic heterocycles. The van der Waals surface area contributed by atoms with Crippen molar-refractivity contribution in [2.45, 2.75) is 12.0 Å². The average Bonchev–Trinajstić information content (AvgIpc) is 2.26. The summed E-state index contributed by atoms with van der Waals surface area (Å²) in [6.07, 6.45) is 0. The summed E-state index contributed by atoms with van der Waals surface area (Å²) in [5.74, 6) is -11.0. The topological polar surface area (TPSA) is 66.5 Å². The number of hydrogen-bond acceptors (Lipinski definition) is 3. The van der Waals surface area contributed by atoms with Crippen LogP contribution in [0.3, 0.4) is 0 Å². The van der Waals surface area contributed by atoms with Crippen LogP contribution in [0.15, 0.2) is 6.07 Å². The summed E-state index contributed by atoms with van der Waals surface area (Å²) in [6, 6.07) is -2.37. The van der Waals surface area contributed by atoms with E-state index in [4.69, 9.17) is 15.9 Å². The van der Waals surface area contributed by atoms with Gasteiger partial charge in [0.25, 0.3) is 5.92 Å². The molecule has 0 radical (unpaired) electrons. The standard InChI is InChI=1S/C9H8F5NO2/c10-3-1-4(17)5(7(12)6(3)11)8(15)9(13,14)2-16/h1,8,16-17H,2,15H2/t8-/m0/s1. The molecule has 0 bridgehead atoms. The zero-order chi connectivity index (χ0) is 13.4. The van der Waals surface area contributed by atoms with Crippen LogP contribution >= 0.6 is 0 Å². The molecule has 4 N–H and O–H groups in total. The number of aromatic hydroxyl groups is 1. The van der Waals surface area contributed by atoms with Gasteiger partial charge in [0.1, 0.15) is 18.4 Å². The second kappa shape index (κ2) is 4.46. The van der Waals surface area contributed by atoms with Gasteiger partial charge in [-0.15, -0.1) is 0 Å². The van der Waals surface area contributed by atoms with E-state index < -0.39 is 47.3 Å². The van der Waals surface area contributed by atoms with Crippen molar-refractivity contribution in [1.82, 2.24) is 0 Å². The van der Waals surface area contributed by atoms with Crippen LogP contribution in [0.4, 0.5) is 22.0 Å². The number of aliphatic hydroxyl groups is 1. The summed E-state index contributed by atoms with van der Waals surface area (Å²) in [4.78, 5) is 0. The molecule has 96 valence electrons. The van der Waals surface area contributed by atoms with Crippen molar-refractivity contribution in [2.75, 3.05) is 6.61 Å². The normalized spacial score (nSPS) is 13.8. The maximum absolute atomic E-state index is 13.2. The van der Waals surface area contributed by atoms with Crippen molar-refractivity contribution >= 4 is 0 Å². The summed E-state index contributed by atoms with van der Waals surface area (Å²) >= 11 is 0. The largest absolute Gasteiger partial charge is 0.507 e. The lowest BCUT2D eigenvalue weighted by molar-refractivity contribution is -0.0724. The fraction of sp³-hybridized carbons (Fsp3) is 0.333. The molecule has 0 spiro atoms. The van der Waals surface area contributed by atoms with E-state index in [0.717, 1.165) is 0 Å². The van der Waals surface area contributed by atoms with Gasteiger partial charge < -0.3 is 15.9 Å². The molecule has 1 aromatic rings. The SMILES string of the molecule is N[C@@H](c1c(O)cc(F)c(F)c1F)C(F)(F)CO. The van der Waals surface area contributed by atoms with Crippen LogP contribution in [0.2, 0.25) is 0 Å². The predicted octanol–water partition coefficient (Wildman–Crippen LogP) is 1.44. The third-order valence-electron chi connectivity index (χ3n) is 2.16. The summed E-state index contributed by atoms with van der Waals surface area (Å²) in [5, 5.41) is 17.4. The van der Waals surface area contributed by atoms with Crippen molar-refractivity contribution in [2.24, 2.45) is 5.73 Å². The number of rotatable bonds is 3. The third-order valence-corrected chi connectivity index (χ3v) is 2.16. The first-order valence-corrected chi connectivity index (χ1v) is 4.33. The second-order valence-corrected chi connectivity index (χ2v) is 3.32. The molecule has 0 aliphatic carbocycles. The molecule has 0 amide bonds. The van der Waals surface area contributed by atoms with Crippen LogP contribution in [0.25, 0.3) is 0 Å². The van der Waals surface area contributed by atoms with Crippen molar-refractivity contribution in [3.8, 4) is 5.75 Å². The molecular weight excluding hydrogens is 249 g/mol. The number of phenols is 1. The van der Waals surface area contributed by atoms with E-state index in [9.17, 15) is 22.0 Å². The maximum atomic E-state index is 13.2. The first-order valence-electron chi connectivity index (χ1n) is 4.33. The Morgan fingerprint density at radius 1 is 1.24 bits per heavy atom. The molecule has 8 heteroatoms. The molecule has 0 saturated heterocycles. The molecule has 0 fully saturated rings. The van der Waals surface area contributed by atoms with E-state index in [1.165, 1.54) is 0 Å². The zero-order valence-electron chi connectivity index (χ0n) is 8.22. The smallest absolute Gasteiger partial charge is 0.289 e. The molecule has 0 aromatic heterocycles. The lowest BCUT2D eigenvalue weighted by atomic mass is 9.99. The van der Waals surface area contributed by atoms with Crippen molar-refractivity contribution in [3.63, 3.8) is 0 Å². The first-order chi connectivity index (χ1) is 7.72. The van der Waals surface area contributed by atoms with Gasteiger partial charge in [-0.1, -0.05) is 0 Å². The molecule has 0 heterocycles. The van der Waals surface area contributed by atoms with E-state index in [1.807, 2.05) is 0 Å². The quantitative estimate of drug-likeness (QED) is 0.567. The Bertz CT molecular complexity index is 438. The summed E-state index contributed by atoms with van der Waals surface area (Å²) < 4.78 is 64.5. The lowest BCUT2D eigenvalue weighted by Crippen LogP contribution is -2.37. The molecule has 17 heavy (non-hydrogen) atoms. The van der Waals surface area contributed by atoms with E-state index >= 15 is 0 Å². The molecule has 1 rings (SSSR count). The van der Waals surface area contributed by atoms with Gasteiger partial charge in [-0.05, 0) is 0 Å². The Morgan fingerprint density at radius 3 is 2.24 bits per heavy atom. The Labute approximate surface area is 92.3 Å². The van der Waals surface area contributed by atoms with Gasteiger partial charge in [0.05, 0.1) is 5.56 Å². The van der Waals surface area contributed by atoms with Gasteiger partial charge in [-0.3, -0.25) is 0 Å².